The number of hydrogen-bond acceptors (Lipinski definition) is 6. The van der Waals surface area contributed by atoms with E-state index in [1.165, 1.54) is 13.3 Å². The van der Waals surface area contributed by atoms with Crippen LogP contribution in [0.4, 0.5) is 0 Å². The molecule has 1 atom stereocenters. The standard InChI is InChI=1S/C14H14N2O6/c1-6-4-8-5-15-16(12(18)13(19)20)11(17)10(8)7(2)9(6)14(21)22-3/h4-5,12,18H,1-3H3,(H,19,20). The van der Waals surface area contributed by atoms with Gasteiger partial charge in [-0.1, -0.05) is 0 Å². The molecular weight excluding hydrogens is 292 g/mol. The molecule has 22 heavy (non-hydrogen) atoms. The van der Waals surface area contributed by atoms with Gasteiger partial charge in [0, 0.05) is 5.39 Å². The number of carbonyl (C=O) groups is 2. The van der Waals surface area contributed by atoms with Crippen molar-refractivity contribution in [2.45, 2.75) is 20.1 Å². The van der Waals surface area contributed by atoms with Crippen LogP contribution in [-0.2, 0) is 9.53 Å². The summed E-state index contributed by atoms with van der Waals surface area (Å²) in [5.74, 6) is -2.20. The Hall–Kier alpha value is -2.74. The third-order valence-electron chi connectivity index (χ3n) is 3.39. The van der Waals surface area contributed by atoms with Crippen molar-refractivity contribution < 1.29 is 24.5 Å². The fourth-order valence-corrected chi connectivity index (χ4v) is 2.39. The summed E-state index contributed by atoms with van der Waals surface area (Å²) in [5, 5.41) is 22.5. The van der Waals surface area contributed by atoms with E-state index in [1.54, 1.807) is 19.9 Å². The van der Waals surface area contributed by atoms with Crippen LogP contribution in [0.5, 0.6) is 0 Å². The molecule has 1 heterocycles. The van der Waals surface area contributed by atoms with Crippen molar-refractivity contribution in [3.63, 3.8) is 0 Å². The Balaban J connectivity index is 2.87. The summed E-state index contributed by atoms with van der Waals surface area (Å²) < 4.78 is 5.15. The fourth-order valence-electron chi connectivity index (χ4n) is 2.39. The van der Waals surface area contributed by atoms with Gasteiger partial charge in [0.05, 0.1) is 24.3 Å². The van der Waals surface area contributed by atoms with E-state index in [4.69, 9.17) is 9.84 Å². The molecule has 0 radical (unpaired) electrons. The van der Waals surface area contributed by atoms with Crippen LogP contribution in [-0.4, -0.2) is 39.0 Å². The number of nitrogens with zero attached hydrogens (tertiary/aromatic N) is 2. The van der Waals surface area contributed by atoms with Gasteiger partial charge in [-0.05, 0) is 31.0 Å². The molecule has 0 aliphatic heterocycles. The van der Waals surface area contributed by atoms with Crippen LogP contribution < -0.4 is 5.56 Å². The number of aliphatic carboxylic acids is 1. The average molecular weight is 306 g/mol. The largest absolute Gasteiger partial charge is 0.478 e. The summed E-state index contributed by atoms with van der Waals surface area (Å²) >= 11 is 0. The maximum Gasteiger partial charge on any atom is 0.356 e. The summed E-state index contributed by atoms with van der Waals surface area (Å²) in [6, 6.07) is 1.58. The molecule has 0 fully saturated rings. The molecule has 8 nitrogen and oxygen atoms in total. The van der Waals surface area contributed by atoms with Gasteiger partial charge in [-0.15, -0.1) is 0 Å². The fraction of sp³-hybridized carbons (Fsp3) is 0.286. The quantitative estimate of drug-likeness (QED) is 0.786. The maximum atomic E-state index is 12.4. The van der Waals surface area contributed by atoms with Gasteiger partial charge in [0.1, 0.15) is 0 Å². The SMILES string of the molecule is COC(=O)c1c(C)cc2cnn(C(O)C(=O)O)c(=O)c2c1C. The first-order valence-corrected chi connectivity index (χ1v) is 6.30. The van der Waals surface area contributed by atoms with Crippen molar-refractivity contribution in [3.8, 4) is 0 Å². The van der Waals surface area contributed by atoms with Gasteiger partial charge >= 0.3 is 11.9 Å². The van der Waals surface area contributed by atoms with Crippen LogP contribution in [0.3, 0.4) is 0 Å². The molecule has 0 saturated carbocycles. The minimum absolute atomic E-state index is 0.112. The Morgan fingerprint density at radius 1 is 1.36 bits per heavy atom. The van der Waals surface area contributed by atoms with Gasteiger partial charge in [0.25, 0.3) is 5.56 Å². The number of carboxylic acids is 1. The molecule has 8 heteroatoms. The van der Waals surface area contributed by atoms with Crippen molar-refractivity contribution in [3.05, 3.63) is 39.3 Å². The maximum absolute atomic E-state index is 12.4. The number of benzene rings is 1. The topological polar surface area (TPSA) is 119 Å². The number of methoxy groups -OCH3 is 1. The van der Waals surface area contributed by atoms with Crippen molar-refractivity contribution in [1.82, 2.24) is 9.78 Å². The van der Waals surface area contributed by atoms with Crippen molar-refractivity contribution in [2.75, 3.05) is 7.11 Å². The van der Waals surface area contributed by atoms with Gasteiger partial charge < -0.3 is 14.9 Å². The number of aliphatic hydroxyl groups is 1. The van der Waals surface area contributed by atoms with Crippen LogP contribution in [0.15, 0.2) is 17.1 Å². The Morgan fingerprint density at radius 2 is 2.00 bits per heavy atom. The van der Waals surface area contributed by atoms with Crippen LogP contribution in [0.25, 0.3) is 10.8 Å². The number of aryl methyl sites for hydroxylation is 2. The monoisotopic (exact) mass is 306 g/mol. The van der Waals surface area contributed by atoms with E-state index in [-0.39, 0.29) is 10.9 Å². The molecule has 2 aromatic rings. The molecule has 1 unspecified atom stereocenters. The van der Waals surface area contributed by atoms with Gasteiger partial charge in [-0.3, -0.25) is 4.79 Å². The van der Waals surface area contributed by atoms with E-state index in [0.29, 0.717) is 21.2 Å². The minimum Gasteiger partial charge on any atom is -0.478 e. The first-order valence-electron chi connectivity index (χ1n) is 6.30. The predicted octanol–water partition coefficient (Wildman–Crippen LogP) is 0.375. The van der Waals surface area contributed by atoms with Gasteiger partial charge in [-0.25, -0.2) is 9.59 Å². The molecule has 116 valence electrons. The highest BCUT2D eigenvalue weighted by Gasteiger charge is 2.22. The lowest BCUT2D eigenvalue weighted by Crippen LogP contribution is -2.32. The van der Waals surface area contributed by atoms with E-state index >= 15 is 0 Å². The third kappa shape index (κ3) is 2.33. The molecule has 0 amide bonds. The predicted molar refractivity (Wildman–Crippen MR) is 75.7 cm³/mol. The first kappa shape index (κ1) is 15.6. The highest BCUT2D eigenvalue weighted by atomic mass is 16.5. The number of rotatable bonds is 3. The summed E-state index contributed by atoms with van der Waals surface area (Å²) in [4.78, 5) is 35.1. The normalized spacial score (nSPS) is 12.2. The van der Waals surface area contributed by atoms with Crippen molar-refractivity contribution >= 4 is 22.7 Å². The number of carbonyl (C=O) groups excluding carboxylic acids is 1. The molecule has 0 spiro atoms. The number of esters is 1. The lowest BCUT2D eigenvalue weighted by atomic mass is 9.97. The zero-order chi connectivity index (χ0) is 16.6. The third-order valence-corrected chi connectivity index (χ3v) is 3.39. The number of hydrogen-bond donors (Lipinski definition) is 2. The van der Waals surface area contributed by atoms with Crippen molar-refractivity contribution in [1.29, 1.82) is 0 Å². The Morgan fingerprint density at radius 3 is 2.55 bits per heavy atom. The molecular formula is C14H14N2O6. The summed E-state index contributed by atoms with van der Waals surface area (Å²) in [7, 11) is 1.23. The lowest BCUT2D eigenvalue weighted by Gasteiger charge is -2.13. The molecule has 2 N–H and O–H groups in total. The van der Waals surface area contributed by atoms with E-state index in [1.807, 2.05) is 0 Å². The van der Waals surface area contributed by atoms with Crippen LogP contribution in [0, 0.1) is 13.8 Å². The molecule has 0 bridgehead atoms. The number of carboxylic acid groups (broad SMARTS) is 1. The lowest BCUT2D eigenvalue weighted by molar-refractivity contribution is -0.152. The summed E-state index contributed by atoms with van der Waals surface area (Å²) in [6.07, 6.45) is -0.830. The molecule has 1 aromatic heterocycles. The van der Waals surface area contributed by atoms with Crippen LogP contribution >= 0.6 is 0 Å². The van der Waals surface area contributed by atoms with Gasteiger partial charge in [-0.2, -0.15) is 9.78 Å². The van der Waals surface area contributed by atoms with Crippen molar-refractivity contribution in [2.24, 2.45) is 0 Å². The second-order valence-electron chi connectivity index (χ2n) is 4.76. The Kier molecular flexibility index (Phi) is 3.96. The highest BCUT2D eigenvalue weighted by Crippen LogP contribution is 2.23. The highest BCUT2D eigenvalue weighted by molar-refractivity contribution is 5.99. The number of aromatic nitrogens is 2. The summed E-state index contributed by atoms with van der Waals surface area (Å²) in [6.45, 7) is 3.25. The number of fused-ring (bicyclic) bond motifs is 1. The molecule has 0 saturated heterocycles. The Bertz CT molecular complexity index is 839. The van der Waals surface area contributed by atoms with Crippen LogP contribution in [0.1, 0.15) is 27.7 Å². The molecule has 0 aliphatic carbocycles. The van der Waals surface area contributed by atoms with Gasteiger partial charge in [0.15, 0.2) is 0 Å². The minimum atomic E-state index is -2.10. The smallest absolute Gasteiger partial charge is 0.356 e. The summed E-state index contributed by atoms with van der Waals surface area (Å²) in [5.41, 5.74) is 0.389. The first-order chi connectivity index (χ1) is 10.3. The molecule has 2 rings (SSSR count). The number of aliphatic hydroxyl groups excluding tert-OH is 1. The van der Waals surface area contributed by atoms with E-state index in [2.05, 4.69) is 5.10 Å². The zero-order valence-electron chi connectivity index (χ0n) is 12.2. The zero-order valence-corrected chi connectivity index (χ0v) is 12.2. The van der Waals surface area contributed by atoms with Gasteiger partial charge in [0.2, 0.25) is 6.23 Å². The second kappa shape index (κ2) is 5.57. The van der Waals surface area contributed by atoms with E-state index < -0.39 is 23.7 Å². The second-order valence-corrected chi connectivity index (χ2v) is 4.76. The van der Waals surface area contributed by atoms with E-state index in [9.17, 15) is 19.5 Å². The number of ether oxygens (including phenoxy) is 1. The Labute approximate surface area is 124 Å². The van der Waals surface area contributed by atoms with E-state index in [0.717, 1.165) is 0 Å². The molecule has 1 aromatic carbocycles. The molecule has 0 aliphatic rings. The van der Waals surface area contributed by atoms with Crippen LogP contribution in [0.2, 0.25) is 0 Å². The average Bonchev–Trinajstić information content (AvgIpc) is 2.46.